The first-order chi connectivity index (χ1) is 7.98. The van der Waals surface area contributed by atoms with Gasteiger partial charge in [-0.3, -0.25) is 9.58 Å². The number of hydrogen-bond donors (Lipinski definition) is 1. The molecule has 0 spiro atoms. The van der Waals surface area contributed by atoms with Crippen molar-refractivity contribution in [2.45, 2.75) is 39.3 Å². The van der Waals surface area contributed by atoms with Crippen LogP contribution in [0.4, 0.5) is 0 Å². The topological polar surface area (TPSA) is 33.1 Å². The fraction of sp³-hybridized carbons (Fsp3) is 0.769. The standard InChI is InChI=1S/C13H26N4/c1-7-17(8-2)13(3,4)12(14-5)11-9-10-15-16(11)6/h9-10,12,14H,7-8H2,1-6H3. The van der Waals surface area contributed by atoms with Crippen molar-refractivity contribution in [3.63, 3.8) is 0 Å². The van der Waals surface area contributed by atoms with Crippen LogP contribution >= 0.6 is 0 Å². The highest BCUT2D eigenvalue weighted by Crippen LogP contribution is 2.30. The number of rotatable bonds is 6. The van der Waals surface area contributed by atoms with Gasteiger partial charge in [0.1, 0.15) is 0 Å². The summed E-state index contributed by atoms with van der Waals surface area (Å²) < 4.78 is 1.95. The predicted octanol–water partition coefficient (Wildman–Crippen LogP) is 1.80. The third-order valence-electron chi connectivity index (χ3n) is 3.73. The molecule has 1 heterocycles. The predicted molar refractivity (Wildman–Crippen MR) is 72.0 cm³/mol. The molecule has 1 atom stereocenters. The second-order valence-electron chi connectivity index (χ2n) is 4.93. The average Bonchev–Trinajstić information content (AvgIpc) is 2.67. The Morgan fingerprint density at radius 2 is 2.00 bits per heavy atom. The molecule has 0 aliphatic rings. The van der Waals surface area contributed by atoms with Crippen LogP contribution in [0.3, 0.4) is 0 Å². The van der Waals surface area contributed by atoms with Gasteiger partial charge in [-0.1, -0.05) is 13.8 Å². The van der Waals surface area contributed by atoms with Crippen molar-refractivity contribution in [3.8, 4) is 0 Å². The minimum Gasteiger partial charge on any atom is -0.310 e. The quantitative estimate of drug-likeness (QED) is 0.820. The van der Waals surface area contributed by atoms with E-state index in [1.807, 2.05) is 25.0 Å². The maximum absolute atomic E-state index is 4.27. The van der Waals surface area contributed by atoms with Crippen LogP contribution in [-0.4, -0.2) is 40.4 Å². The maximum Gasteiger partial charge on any atom is 0.0670 e. The molecule has 1 N–H and O–H groups in total. The van der Waals surface area contributed by atoms with Crippen molar-refractivity contribution >= 4 is 0 Å². The molecule has 0 radical (unpaired) electrons. The molecule has 1 aromatic rings. The van der Waals surface area contributed by atoms with Crippen molar-refractivity contribution in [1.29, 1.82) is 0 Å². The molecule has 1 unspecified atom stereocenters. The van der Waals surface area contributed by atoms with Gasteiger partial charge in [0.2, 0.25) is 0 Å². The van der Waals surface area contributed by atoms with Crippen LogP contribution in [0.15, 0.2) is 12.3 Å². The van der Waals surface area contributed by atoms with Gasteiger partial charge in [0.15, 0.2) is 0 Å². The molecule has 0 saturated heterocycles. The van der Waals surface area contributed by atoms with Gasteiger partial charge in [-0.2, -0.15) is 5.10 Å². The first-order valence-corrected chi connectivity index (χ1v) is 6.39. The number of aromatic nitrogens is 2. The largest absolute Gasteiger partial charge is 0.310 e. The smallest absolute Gasteiger partial charge is 0.0670 e. The molecule has 17 heavy (non-hydrogen) atoms. The summed E-state index contributed by atoms with van der Waals surface area (Å²) in [6.07, 6.45) is 1.86. The third-order valence-corrected chi connectivity index (χ3v) is 3.73. The lowest BCUT2D eigenvalue weighted by Gasteiger charge is -2.43. The molecule has 0 saturated carbocycles. The molecule has 0 fully saturated rings. The Balaban J connectivity index is 3.05. The monoisotopic (exact) mass is 238 g/mol. The first-order valence-electron chi connectivity index (χ1n) is 6.39. The molecular weight excluding hydrogens is 212 g/mol. The van der Waals surface area contributed by atoms with Gasteiger partial charge in [0.05, 0.1) is 11.7 Å². The lowest BCUT2D eigenvalue weighted by Crippen LogP contribution is -2.52. The van der Waals surface area contributed by atoms with E-state index in [0.29, 0.717) is 0 Å². The Morgan fingerprint density at radius 1 is 1.41 bits per heavy atom. The number of hydrogen-bond acceptors (Lipinski definition) is 3. The van der Waals surface area contributed by atoms with E-state index in [4.69, 9.17) is 0 Å². The third kappa shape index (κ3) is 2.69. The molecule has 1 rings (SSSR count). The summed E-state index contributed by atoms with van der Waals surface area (Å²) in [5.74, 6) is 0. The zero-order valence-corrected chi connectivity index (χ0v) is 12.0. The van der Waals surface area contributed by atoms with Crippen molar-refractivity contribution in [1.82, 2.24) is 20.0 Å². The Labute approximate surface area is 105 Å². The lowest BCUT2D eigenvalue weighted by atomic mass is 9.89. The fourth-order valence-corrected chi connectivity index (χ4v) is 2.75. The lowest BCUT2D eigenvalue weighted by molar-refractivity contribution is 0.0912. The highest BCUT2D eigenvalue weighted by atomic mass is 15.3. The summed E-state index contributed by atoms with van der Waals surface area (Å²) in [6.45, 7) is 11.1. The van der Waals surface area contributed by atoms with Gasteiger partial charge in [-0.05, 0) is 40.1 Å². The summed E-state index contributed by atoms with van der Waals surface area (Å²) in [4.78, 5) is 2.47. The summed E-state index contributed by atoms with van der Waals surface area (Å²) >= 11 is 0. The van der Waals surface area contributed by atoms with Crippen LogP contribution in [0.2, 0.25) is 0 Å². The van der Waals surface area contributed by atoms with Crippen molar-refractivity contribution in [2.24, 2.45) is 7.05 Å². The molecule has 0 amide bonds. The SMILES string of the molecule is CCN(CC)C(C)(C)C(NC)c1ccnn1C. The van der Waals surface area contributed by atoms with Gasteiger partial charge in [-0.25, -0.2) is 0 Å². The van der Waals surface area contributed by atoms with Gasteiger partial charge in [0.25, 0.3) is 0 Å². The Hall–Kier alpha value is -0.870. The zero-order chi connectivity index (χ0) is 13.1. The Bertz CT molecular complexity index is 339. The Kier molecular flexibility index (Phi) is 4.71. The first kappa shape index (κ1) is 14.2. The molecule has 0 aliphatic heterocycles. The number of nitrogens with zero attached hydrogens (tertiary/aromatic N) is 3. The van der Waals surface area contributed by atoms with Crippen LogP contribution in [-0.2, 0) is 7.05 Å². The van der Waals surface area contributed by atoms with Crippen LogP contribution in [0, 0.1) is 0 Å². The number of likely N-dealkylation sites (N-methyl/N-ethyl adjacent to an activating group) is 2. The highest BCUT2D eigenvalue weighted by molar-refractivity contribution is 5.13. The number of aryl methyl sites for hydroxylation is 1. The second-order valence-corrected chi connectivity index (χ2v) is 4.93. The molecule has 1 aromatic heterocycles. The highest BCUT2D eigenvalue weighted by Gasteiger charge is 2.35. The van der Waals surface area contributed by atoms with E-state index in [1.54, 1.807) is 0 Å². The maximum atomic E-state index is 4.27. The Morgan fingerprint density at radius 3 is 2.35 bits per heavy atom. The van der Waals surface area contributed by atoms with Crippen molar-refractivity contribution in [2.75, 3.05) is 20.1 Å². The average molecular weight is 238 g/mol. The van der Waals surface area contributed by atoms with E-state index in [-0.39, 0.29) is 11.6 Å². The molecule has 4 heteroatoms. The van der Waals surface area contributed by atoms with Crippen LogP contribution in [0.25, 0.3) is 0 Å². The molecular formula is C13H26N4. The van der Waals surface area contributed by atoms with Gasteiger partial charge in [0, 0.05) is 18.8 Å². The molecule has 0 bridgehead atoms. The normalized spacial score (nSPS) is 14.3. The van der Waals surface area contributed by atoms with Gasteiger partial charge < -0.3 is 5.32 Å². The van der Waals surface area contributed by atoms with Crippen LogP contribution < -0.4 is 5.32 Å². The summed E-state index contributed by atoms with van der Waals surface area (Å²) in [7, 11) is 4.01. The van der Waals surface area contributed by atoms with E-state index in [0.717, 1.165) is 13.1 Å². The zero-order valence-electron chi connectivity index (χ0n) is 12.0. The van der Waals surface area contributed by atoms with E-state index in [9.17, 15) is 0 Å². The van der Waals surface area contributed by atoms with Crippen LogP contribution in [0.1, 0.15) is 39.4 Å². The van der Waals surface area contributed by atoms with E-state index < -0.39 is 0 Å². The second kappa shape index (κ2) is 5.65. The van der Waals surface area contributed by atoms with Crippen LogP contribution in [0.5, 0.6) is 0 Å². The van der Waals surface area contributed by atoms with E-state index in [2.05, 4.69) is 49.1 Å². The molecule has 0 aliphatic carbocycles. The summed E-state index contributed by atoms with van der Waals surface area (Å²) in [6, 6.07) is 2.36. The minimum atomic E-state index is 0.0616. The van der Waals surface area contributed by atoms with Gasteiger partial charge in [-0.15, -0.1) is 0 Å². The molecule has 98 valence electrons. The van der Waals surface area contributed by atoms with Crippen molar-refractivity contribution < 1.29 is 0 Å². The summed E-state index contributed by atoms with van der Waals surface area (Å²) in [5.41, 5.74) is 1.29. The summed E-state index contributed by atoms with van der Waals surface area (Å²) in [5, 5.41) is 7.70. The van der Waals surface area contributed by atoms with Crippen molar-refractivity contribution in [3.05, 3.63) is 18.0 Å². The molecule has 4 nitrogen and oxygen atoms in total. The fourth-order valence-electron chi connectivity index (χ4n) is 2.75. The van der Waals surface area contributed by atoms with E-state index >= 15 is 0 Å². The van der Waals surface area contributed by atoms with E-state index in [1.165, 1.54) is 5.69 Å². The van der Waals surface area contributed by atoms with Gasteiger partial charge >= 0.3 is 0 Å². The minimum absolute atomic E-state index is 0.0616. The number of nitrogens with one attached hydrogen (secondary N) is 1. The molecule has 0 aromatic carbocycles.